The molecule has 0 saturated heterocycles. The molecule has 0 aliphatic heterocycles. The summed E-state index contributed by atoms with van der Waals surface area (Å²) in [4.78, 5) is 11.5. The first-order valence-corrected chi connectivity index (χ1v) is 5.72. The van der Waals surface area contributed by atoms with Crippen LogP contribution >= 0.6 is 12.4 Å². The number of hydrogen-bond donors (Lipinski definition) is 2. The van der Waals surface area contributed by atoms with Crippen molar-refractivity contribution < 1.29 is 9.53 Å². The smallest absolute Gasteiger partial charge is 0.258 e. The van der Waals surface area contributed by atoms with Gasteiger partial charge in [0, 0.05) is 12.6 Å². The van der Waals surface area contributed by atoms with Crippen LogP contribution in [0.1, 0.15) is 18.1 Å². The van der Waals surface area contributed by atoms with Crippen molar-refractivity contribution in [3.63, 3.8) is 0 Å². The summed E-state index contributed by atoms with van der Waals surface area (Å²) >= 11 is 0. The maximum atomic E-state index is 11.5. The Morgan fingerprint density at radius 1 is 1.44 bits per heavy atom. The normalized spacial score (nSPS) is 11.3. The van der Waals surface area contributed by atoms with Gasteiger partial charge in [0.1, 0.15) is 5.75 Å². The molecule has 0 unspecified atom stereocenters. The molecule has 0 bridgehead atoms. The van der Waals surface area contributed by atoms with Crippen molar-refractivity contribution in [2.45, 2.75) is 26.8 Å². The average molecular weight is 273 g/mol. The first-order chi connectivity index (χ1) is 8.02. The van der Waals surface area contributed by atoms with Gasteiger partial charge in [-0.25, -0.2) is 0 Å². The summed E-state index contributed by atoms with van der Waals surface area (Å²) in [5, 5.41) is 2.74. The van der Waals surface area contributed by atoms with E-state index in [4.69, 9.17) is 10.5 Å². The van der Waals surface area contributed by atoms with Crippen LogP contribution in [0.15, 0.2) is 18.2 Å². The minimum atomic E-state index is -0.150. The number of ether oxygens (including phenoxy) is 1. The van der Waals surface area contributed by atoms with E-state index in [1.165, 1.54) is 5.56 Å². The molecule has 3 N–H and O–H groups in total. The van der Waals surface area contributed by atoms with Gasteiger partial charge in [0.15, 0.2) is 6.61 Å². The summed E-state index contributed by atoms with van der Waals surface area (Å²) < 4.78 is 5.45. The monoisotopic (exact) mass is 272 g/mol. The van der Waals surface area contributed by atoms with Crippen LogP contribution in [0, 0.1) is 13.8 Å². The van der Waals surface area contributed by atoms with E-state index >= 15 is 0 Å². The highest BCUT2D eigenvalue weighted by Crippen LogP contribution is 2.18. The lowest BCUT2D eigenvalue weighted by atomic mass is 10.1. The molecule has 0 radical (unpaired) electrons. The van der Waals surface area contributed by atoms with E-state index in [-0.39, 0.29) is 31.0 Å². The number of hydrogen-bond acceptors (Lipinski definition) is 3. The van der Waals surface area contributed by atoms with Crippen molar-refractivity contribution in [3.05, 3.63) is 29.3 Å². The quantitative estimate of drug-likeness (QED) is 0.855. The molecule has 0 aromatic heterocycles. The van der Waals surface area contributed by atoms with Gasteiger partial charge < -0.3 is 15.8 Å². The van der Waals surface area contributed by atoms with Crippen LogP contribution in [0.25, 0.3) is 0 Å². The van der Waals surface area contributed by atoms with Gasteiger partial charge in [0.05, 0.1) is 0 Å². The molecule has 0 aliphatic rings. The molecular formula is C13H21ClN2O2. The van der Waals surface area contributed by atoms with Crippen LogP contribution in [-0.4, -0.2) is 25.1 Å². The van der Waals surface area contributed by atoms with Crippen LogP contribution in [0.3, 0.4) is 0 Å². The second-order valence-corrected chi connectivity index (χ2v) is 4.26. The number of nitrogens with one attached hydrogen (secondary N) is 1. The number of aryl methyl sites for hydroxylation is 2. The summed E-state index contributed by atoms with van der Waals surface area (Å²) in [6.45, 7) is 6.29. The topological polar surface area (TPSA) is 64.3 Å². The Morgan fingerprint density at radius 3 is 2.67 bits per heavy atom. The average Bonchev–Trinajstić information content (AvgIpc) is 2.27. The van der Waals surface area contributed by atoms with E-state index < -0.39 is 0 Å². The van der Waals surface area contributed by atoms with Crippen molar-refractivity contribution in [1.29, 1.82) is 0 Å². The minimum absolute atomic E-state index is 0. The molecule has 1 atom stereocenters. The first-order valence-electron chi connectivity index (χ1n) is 5.72. The van der Waals surface area contributed by atoms with Crippen molar-refractivity contribution in [2.24, 2.45) is 5.73 Å². The Kier molecular flexibility index (Phi) is 7.39. The Morgan fingerprint density at radius 2 is 2.11 bits per heavy atom. The van der Waals surface area contributed by atoms with Crippen molar-refractivity contribution in [1.82, 2.24) is 5.32 Å². The third-order valence-electron chi connectivity index (χ3n) is 2.45. The molecule has 1 aromatic carbocycles. The molecule has 102 valence electrons. The molecule has 0 fully saturated rings. The maximum absolute atomic E-state index is 11.5. The van der Waals surface area contributed by atoms with Crippen LogP contribution < -0.4 is 15.8 Å². The van der Waals surface area contributed by atoms with Crippen molar-refractivity contribution in [3.8, 4) is 5.75 Å². The predicted molar refractivity (Wildman–Crippen MR) is 75.3 cm³/mol. The number of benzene rings is 1. The molecule has 0 saturated carbocycles. The van der Waals surface area contributed by atoms with Gasteiger partial charge in [0.25, 0.3) is 5.91 Å². The lowest BCUT2D eigenvalue weighted by Gasteiger charge is -2.13. The zero-order chi connectivity index (χ0) is 12.8. The Balaban J connectivity index is 0.00000289. The zero-order valence-corrected chi connectivity index (χ0v) is 11.8. The standard InChI is InChI=1S/C13H20N2O2.ClH/c1-9-4-5-12(10(2)6-9)17-8-13(16)15-11(3)7-14;/h4-6,11H,7-8,14H2,1-3H3,(H,15,16);1H/t11-;/m0./s1. The summed E-state index contributed by atoms with van der Waals surface area (Å²) in [6.07, 6.45) is 0. The molecular weight excluding hydrogens is 252 g/mol. The summed E-state index contributed by atoms with van der Waals surface area (Å²) in [6, 6.07) is 5.84. The Labute approximate surface area is 114 Å². The fourth-order valence-electron chi connectivity index (χ4n) is 1.48. The maximum Gasteiger partial charge on any atom is 0.258 e. The van der Waals surface area contributed by atoms with Gasteiger partial charge in [-0.2, -0.15) is 0 Å². The summed E-state index contributed by atoms with van der Waals surface area (Å²) in [7, 11) is 0. The molecule has 0 spiro atoms. The number of halogens is 1. The summed E-state index contributed by atoms with van der Waals surface area (Å²) in [5.41, 5.74) is 7.62. The first kappa shape index (κ1) is 16.7. The van der Waals surface area contributed by atoms with Gasteiger partial charge in [-0.3, -0.25) is 4.79 Å². The summed E-state index contributed by atoms with van der Waals surface area (Å²) in [5.74, 6) is 0.592. The molecule has 5 heteroatoms. The molecule has 1 rings (SSSR count). The third-order valence-corrected chi connectivity index (χ3v) is 2.45. The minimum Gasteiger partial charge on any atom is -0.484 e. The number of nitrogens with two attached hydrogens (primary N) is 1. The van der Waals surface area contributed by atoms with E-state index in [1.54, 1.807) is 0 Å². The fourth-order valence-corrected chi connectivity index (χ4v) is 1.48. The highest BCUT2D eigenvalue weighted by atomic mass is 35.5. The third kappa shape index (κ3) is 5.38. The number of carbonyl (C=O) groups is 1. The van der Waals surface area contributed by atoms with E-state index in [0.717, 1.165) is 11.3 Å². The molecule has 1 aromatic rings. The van der Waals surface area contributed by atoms with Crippen LogP contribution in [-0.2, 0) is 4.79 Å². The van der Waals surface area contributed by atoms with Gasteiger partial charge in [0.2, 0.25) is 0 Å². The van der Waals surface area contributed by atoms with Gasteiger partial charge in [-0.05, 0) is 32.4 Å². The predicted octanol–water partition coefficient (Wildman–Crippen LogP) is 1.57. The van der Waals surface area contributed by atoms with Crippen molar-refractivity contribution >= 4 is 18.3 Å². The molecule has 1 amide bonds. The van der Waals surface area contributed by atoms with E-state index in [9.17, 15) is 4.79 Å². The lowest BCUT2D eigenvalue weighted by Crippen LogP contribution is -2.40. The van der Waals surface area contributed by atoms with Crippen LogP contribution in [0.2, 0.25) is 0 Å². The number of amides is 1. The van der Waals surface area contributed by atoms with E-state index in [0.29, 0.717) is 6.54 Å². The zero-order valence-electron chi connectivity index (χ0n) is 11.0. The van der Waals surface area contributed by atoms with Gasteiger partial charge in [-0.15, -0.1) is 12.4 Å². The highest BCUT2D eigenvalue weighted by molar-refractivity contribution is 5.85. The fraction of sp³-hybridized carbons (Fsp3) is 0.462. The SMILES string of the molecule is Cc1ccc(OCC(=O)N[C@@H](C)CN)c(C)c1.Cl. The second-order valence-electron chi connectivity index (χ2n) is 4.26. The van der Waals surface area contributed by atoms with Gasteiger partial charge >= 0.3 is 0 Å². The Hall–Kier alpha value is -1.26. The van der Waals surface area contributed by atoms with Crippen LogP contribution in [0.5, 0.6) is 5.75 Å². The van der Waals surface area contributed by atoms with E-state index in [2.05, 4.69) is 5.32 Å². The molecule has 4 nitrogen and oxygen atoms in total. The largest absolute Gasteiger partial charge is 0.484 e. The second kappa shape index (κ2) is 7.95. The van der Waals surface area contributed by atoms with Gasteiger partial charge in [-0.1, -0.05) is 17.7 Å². The number of carbonyl (C=O) groups excluding carboxylic acids is 1. The lowest BCUT2D eigenvalue weighted by molar-refractivity contribution is -0.123. The number of rotatable bonds is 5. The Bertz CT molecular complexity index is 397. The molecule has 0 aliphatic carbocycles. The highest BCUT2D eigenvalue weighted by Gasteiger charge is 2.07. The molecule has 18 heavy (non-hydrogen) atoms. The van der Waals surface area contributed by atoms with Crippen LogP contribution in [0.4, 0.5) is 0 Å². The molecule has 0 heterocycles. The van der Waals surface area contributed by atoms with Crippen molar-refractivity contribution in [2.75, 3.05) is 13.2 Å². The van der Waals surface area contributed by atoms with E-state index in [1.807, 2.05) is 39.0 Å².